The number of nitrogens with zero attached hydrogens (tertiary/aromatic N) is 2. The van der Waals surface area contributed by atoms with Gasteiger partial charge in [-0.25, -0.2) is 4.79 Å². The number of carbonyl (C=O) groups excluding carboxylic acids is 2. The first-order valence-electron chi connectivity index (χ1n) is 13.5. The number of thiophene rings is 2. The molecule has 2 N–H and O–H groups in total. The van der Waals surface area contributed by atoms with Crippen LogP contribution in [0.2, 0.25) is 0 Å². The second-order valence-corrected chi connectivity index (χ2v) is 11.7. The van der Waals surface area contributed by atoms with Gasteiger partial charge in [0.15, 0.2) is 17.4 Å². The third kappa shape index (κ3) is 7.33. The van der Waals surface area contributed by atoms with E-state index in [1.54, 1.807) is 22.7 Å². The maximum Gasteiger partial charge on any atom is 0.315 e. The monoisotopic (exact) mass is 582 g/mol. The van der Waals surface area contributed by atoms with Crippen molar-refractivity contribution in [1.29, 1.82) is 0 Å². The molecule has 212 valence electrons. The molecule has 2 aliphatic heterocycles. The van der Waals surface area contributed by atoms with Crippen molar-refractivity contribution in [3.8, 4) is 11.5 Å². The highest BCUT2D eigenvalue weighted by atomic mass is 32.1. The average Bonchev–Trinajstić information content (AvgIpc) is 3.78. The van der Waals surface area contributed by atoms with E-state index in [2.05, 4.69) is 22.5 Å². The van der Waals surface area contributed by atoms with E-state index in [0.717, 1.165) is 28.2 Å². The molecule has 3 amide bonds. The van der Waals surface area contributed by atoms with E-state index in [9.17, 15) is 9.59 Å². The lowest BCUT2D eigenvalue weighted by atomic mass is 10.0. The van der Waals surface area contributed by atoms with Crippen molar-refractivity contribution < 1.29 is 23.8 Å². The molecule has 9 nitrogen and oxygen atoms in total. The van der Waals surface area contributed by atoms with E-state index in [4.69, 9.17) is 14.2 Å². The number of hydrogen-bond acceptors (Lipinski definition) is 8. The zero-order valence-electron chi connectivity index (χ0n) is 22.5. The molecule has 40 heavy (non-hydrogen) atoms. The van der Waals surface area contributed by atoms with Crippen molar-refractivity contribution in [2.45, 2.75) is 57.8 Å². The Morgan fingerprint density at radius 2 is 1.75 bits per heavy atom. The molecular weight excluding hydrogens is 548 g/mol. The van der Waals surface area contributed by atoms with Crippen molar-refractivity contribution in [3.05, 3.63) is 68.5 Å². The van der Waals surface area contributed by atoms with Crippen molar-refractivity contribution in [1.82, 2.24) is 15.5 Å². The van der Waals surface area contributed by atoms with Crippen LogP contribution in [0.3, 0.4) is 0 Å². The van der Waals surface area contributed by atoms with E-state index >= 15 is 0 Å². The first kappa shape index (κ1) is 28.0. The summed E-state index contributed by atoms with van der Waals surface area (Å²) in [5.41, 5.74) is 0.839. The summed E-state index contributed by atoms with van der Waals surface area (Å²) >= 11 is 3.24. The highest BCUT2D eigenvalue weighted by molar-refractivity contribution is 7.10. The van der Waals surface area contributed by atoms with Gasteiger partial charge < -0.3 is 29.7 Å². The first-order chi connectivity index (χ1) is 19.6. The Morgan fingerprint density at radius 3 is 2.40 bits per heavy atom. The van der Waals surface area contributed by atoms with E-state index in [1.165, 1.54) is 0 Å². The van der Waals surface area contributed by atoms with Crippen LogP contribution in [-0.4, -0.2) is 48.7 Å². The zero-order chi connectivity index (χ0) is 27.7. The summed E-state index contributed by atoms with van der Waals surface area (Å²) in [7, 11) is 0. The second kappa shape index (κ2) is 13.7. The van der Waals surface area contributed by atoms with E-state index < -0.39 is 18.1 Å². The molecule has 2 aliphatic rings. The normalized spacial score (nSPS) is 15.2. The molecule has 4 heterocycles. The van der Waals surface area contributed by atoms with Crippen LogP contribution in [0.4, 0.5) is 4.79 Å². The maximum absolute atomic E-state index is 13.9. The van der Waals surface area contributed by atoms with Gasteiger partial charge in [-0.15, -0.1) is 22.7 Å². The lowest BCUT2D eigenvalue weighted by molar-refractivity contribution is -0.134. The fraction of sp³-hybridized carbons (Fsp3) is 0.414. The van der Waals surface area contributed by atoms with Crippen molar-refractivity contribution in [2.24, 2.45) is 4.99 Å². The van der Waals surface area contributed by atoms with Crippen LogP contribution >= 0.6 is 22.7 Å². The molecule has 5 rings (SSSR count). The number of aliphatic imine (C=N–C) groups is 1. The molecular formula is C29H34N4O5S2. The zero-order valence-corrected chi connectivity index (χ0v) is 24.1. The number of fused-ring (bicyclic) bond motifs is 1. The maximum atomic E-state index is 13.9. The Labute approximate surface area is 242 Å². The van der Waals surface area contributed by atoms with Gasteiger partial charge in [0.25, 0.3) is 0 Å². The van der Waals surface area contributed by atoms with Gasteiger partial charge in [0, 0.05) is 16.2 Å². The molecule has 2 atom stereocenters. The minimum atomic E-state index is -0.655. The molecule has 1 unspecified atom stereocenters. The number of unbranched alkanes of at least 4 members (excludes halogenated alkanes) is 1. The molecule has 0 bridgehead atoms. The Kier molecular flexibility index (Phi) is 9.56. The fourth-order valence-electron chi connectivity index (χ4n) is 4.70. The van der Waals surface area contributed by atoms with Crippen LogP contribution in [0.15, 0.2) is 58.2 Å². The number of rotatable bonds is 13. The number of urea groups is 1. The van der Waals surface area contributed by atoms with Gasteiger partial charge in [-0.2, -0.15) is 0 Å². The van der Waals surface area contributed by atoms with Gasteiger partial charge in [0.2, 0.25) is 12.7 Å². The molecule has 0 saturated carbocycles. The predicted molar refractivity (Wildman–Crippen MR) is 156 cm³/mol. The number of hydrogen-bond donors (Lipinski definition) is 2. The summed E-state index contributed by atoms with van der Waals surface area (Å²) in [6.45, 7) is 4.38. The Hall–Kier alpha value is -3.57. The Bertz CT molecular complexity index is 1260. The van der Waals surface area contributed by atoms with Crippen LogP contribution in [0, 0.1) is 0 Å². The van der Waals surface area contributed by atoms with E-state index in [1.807, 2.05) is 58.1 Å². The number of amides is 3. The van der Waals surface area contributed by atoms with Crippen LogP contribution in [-0.2, 0) is 22.6 Å². The molecule has 0 saturated heterocycles. The van der Waals surface area contributed by atoms with Gasteiger partial charge in [-0.3, -0.25) is 9.79 Å². The van der Waals surface area contributed by atoms with Crippen LogP contribution in [0.5, 0.6) is 11.5 Å². The molecule has 0 fully saturated rings. The number of ether oxygens (including phenoxy) is 3. The van der Waals surface area contributed by atoms with Gasteiger partial charge in [-0.05, 0) is 47.0 Å². The SMILES string of the molecule is CCCC[C@H](NC(=O)NC(CC1=NCCO1)c1ccc2c(c1)OCO2)C(=O)N(Cc1cccs1)Cc1cccs1. The molecule has 0 aliphatic carbocycles. The highest BCUT2D eigenvalue weighted by Gasteiger charge is 2.29. The lowest BCUT2D eigenvalue weighted by Crippen LogP contribution is -2.51. The third-order valence-electron chi connectivity index (χ3n) is 6.75. The fourth-order valence-corrected chi connectivity index (χ4v) is 6.14. The molecule has 0 spiro atoms. The van der Waals surface area contributed by atoms with E-state index in [-0.39, 0.29) is 12.7 Å². The molecule has 0 radical (unpaired) electrons. The standard InChI is InChI=1S/C29H34N4O5S2/c1-2-3-8-23(28(34)33(17-21-6-4-13-39-21)18-22-7-5-14-40-22)31-29(35)32-24(16-27-30-11-12-36-27)20-9-10-25-26(15-20)38-19-37-25/h4-7,9-10,13-15,23-24H,2-3,8,11-12,16-19H2,1H3,(H2,31,32,35)/t23-,24?/m0/s1. The summed E-state index contributed by atoms with van der Waals surface area (Å²) in [5, 5.41) is 10.1. The van der Waals surface area contributed by atoms with Crippen LogP contribution in [0.1, 0.15) is 54.0 Å². The third-order valence-corrected chi connectivity index (χ3v) is 8.47. The van der Waals surface area contributed by atoms with Crippen LogP contribution in [0.25, 0.3) is 0 Å². The summed E-state index contributed by atoms with van der Waals surface area (Å²) < 4.78 is 16.7. The number of nitrogens with one attached hydrogen (secondary N) is 2. The topological polar surface area (TPSA) is 101 Å². The van der Waals surface area contributed by atoms with Gasteiger partial charge in [0.1, 0.15) is 12.6 Å². The van der Waals surface area contributed by atoms with Crippen LogP contribution < -0.4 is 20.1 Å². The quantitative estimate of drug-likeness (QED) is 0.278. The van der Waals surface area contributed by atoms with Crippen molar-refractivity contribution in [2.75, 3.05) is 19.9 Å². The van der Waals surface area contributed by atoms with Gasteiger partial charge in [0.05, 0.1) is 25.7 Å². The highest BCUT2D eigenvalue weighted by Crippen LogP contribution is 2.35. The lowest BCUT2D eigenvalue weighted by Gasteiger charge is -2.28. The first-order valence-corrected chi connectivity index (χ1v) is 15.3. The minimum Gasteiger partial charge on any atom is -0.479 e. The Balaban J connectivity index is 1.32. The summed E-state index contributed by atoms with van der Waals surface area (Å²) in [4.78, 5) is 35.8. The van der Waals surface area contributed by atoms with E-state index in [0.29, 0.717) is 56.5 Å². The molecule has 11 heteroatoms. The second-order valence-electron chi connectivity index (χ2n) is 9.66. The van der Waals surface area contributed by atoms with Gasteiger partial charge in [-0.1, -0.05) is 38.0 Å². The summed E-state index contributed by atoms with van der Waals surface area (Å²) in [6.07, 6.45) is 2.68. The average molecular weight is 583 g/mol. The van der Waals surface area contributed by atoms with Crippen molar-refractivity contribution in [3.63, 3.8) is 0 Å². The summed E-state index contributed by atoms with van der Waals surface area (Å²) in [6, 6.07) is 12.1. The van der Waals surface area contributed by atoms with Crippen molar-refractivity contribution >= 4 is 40.5 Å². The Morgan fingerprint density at radius 1 is 1.00 bits per heavy atom. The molecule has 3 aromatic rings. The molecule has 1 aromatic carbocycles. The number of carbonyl (C=O) groups is 2. The minimum absolute atomic E-state index is 0.0893. The summed E-state index contributed by atoms with van der Waals surface area (Å²) in [5.74, 6) is 1.81. The molecule has 2 aromatic heterocycles. The number of benzene rings is 1. The smallest absolute Gasteiger partial charge is 0.315 e. The predicted octanol–water partition coefficient (Wildman–Crippen LogP) is 5.49. The van der Waals surface area contributed by atoms with Gasteiger partial charge >= 0.3 is 6.03 Å². The largest absolute Gasteiger partial charge is 0.479 e.